The Morgan fingerprint density at radius 3 is 2.59 bits per heavy atom. The summed E-state index contributed by atoms with van der Waals surface area (Å²) in [7, 11) is -0.872. The molecule has 1 heterocycles. The maximum atomic E-state index is 12.0. The minimum atomic E-state index is -1.07. The Morgan fingerprint density at radius 1 is 1.32 bits per heavy atom. The number of carbonyl (C=O) groups excluding carboxylic acids is 1. The highest BCUT2D eigenvalue weighted by atomic mass is 16.6. The van der Waals surface area contributed by atoms with E-state index >= 15 is 0 Å². The van der Waals surface area contributed by atoms with E-state index in [0.717, 1.165) is 5.56 Å². The quantitative estimate of drug-likeness (QED) is 0.788. The van der Waals surface area contributed by atoms with Crippen molar-refractivity contribution in [1.29, 1.82) is 0 Å². The molecule has 0 aliphatic carbocycles. The van der Waals surface area contributed by atoms with E-state index in [1.807, 2.05) is 30.3 Å². The molecule has 1 aliphatic heterocycles. The van der Waals surface area contributed by atoms with Crippen LogP contribution in [0.15, 0.2) is 30.3 Å². The Kier molecular flexibility index (Phi) is 5.40. The van der Waals surface area contributed by atoms with Gasteiger partial charge in [-0.3, -0.25) is 4.79 Å². The van der Waals surface area contributed by atoms with Gasteiger partial charge < -0.3 is 24.6 Å². The predicted octanol–water partition coefficient (Wildman–Crippen LogP) is 0.504. The minimum absolute atomic E-state index is 0.00609. The highest BCUT2D eigenvalue weighted by Gasteiger charge is 2.37. The van der Waals surface area contributed by atoms with Crippen molar-refractivity contribution in [3.63, 3.8) is 0 Å². The fourth-order valence-corrected chi connectivity index (χ4v) is 2.44. The lowest BCUT2D eigenvalue weighted by Crippen LogP contribution is -2.61. The largest absolute Gasteiger partial charge is 0.480 e. The van der Waals surface area contributed by atoms with Gasteiger partial charge in [-0.05, 0) is 12.4 Å². The lowest BCUT2D eigenvalue weighted by atomic mass is 9.82. The number of carboxylic acid groups (broad SMARTS) is 1. The second-order valence-corrected chi connectivity index (χ2v) is 5.21. The van der Waals surface area contributed by atoms with Crippen molar-refractivity contribution in [2.75, 3.05) is 19.6 Å². The van der Waals surface area contributed by atoms with Crippen molar-refractivity contribution in [2.45, 2.75) is 19.5 Å². The van der Waals surface area contributed by atoms with Crippen LogP contribution in [-0.4, -0.2) is 64.6 Å². The summed E-state index contributed by atoms with van der Waals surface area (Å²) in [6, 6.07) is 8.34. The maximum Gasteiger partial charge on any atom is 0.410 e. The summed E-state index contributed by atoms with van der Waals surface area (Å²) in [5, 5.41) is 18.8. The number of hydrogen-bond donors (Lipinski definition) is 2. The molecule has 1 saturated heterocycles. The third-order valence-electron chi connectivity index (χ3n) is 3.65. The van der Waals surface area contributed by atoms with E-state index in [-0.39, 0.29) is 19.7 Å². The number of benzene rings is 1. The van der Waals surface area contributed by atoms with E-state index < -0.39 is 25.2 Å². The molecule has 1 fully saturated rings. The van der Waals surface area contributed by atoms with Crippen LogP contribution in [-0.2, 0) is 16.1 Å². The minimum Gasteiger partial charge on any atom is -0.480 e. The second kappa shape index (κ2) is 7.28. The van der Waals surface area contributed by atoms with Crippen LogP contribution in [0, 0.1) is 0 Å². The summed E-state index contributed by atoms with van der Waals surface area (Å²) >= 11 is 0. The van der Waals surface area contributed by atoms with Gasteiger partial charge in [0, 0.05) is 19.6 Å². The summed E-state index contributed by atoms with van der Waals surface area (Å²) in [5.74, 6) is -1.07. The summed E-state index contributed by atoms with van der Waals surface area (Å²) in [6.45, 7) is 2.26. The fraction of sp³-hybridized carbons (Fsp3) is 0.429. The number of amides is 1. The van der Waals surface area contributed by atoms with Crippen LogP contribution in [0.2, 0.25) is 6.82 Å². The molecule has 1 aliphatic rings. The lowest BCUT2D eigenvalue weighted by Gasteiger charge is -2.39. The maximum absolute atomic E-state index is 12.0. The topological polar surface area (TPSA) is 90.3 Å². The highest BCUT2D eigenvalue weighted by Crippen LogP contribution is 2.13. The number of carbonyl (C=O) groups is 2. The van der Waals surface area contributed by atoms with E-state index in [1.54, 1.807) is 0 Å². The number of carboxylic acids is 1. The third kappa shape index (κ3) is 3.99. The average Bonchev–Trinajstić information content (AvgIpc) is 2.52. The van der Waals surface area contributed by atoms with Gasteiger partial charge in [0.1, 0.15) is 12.6 Å². The van der Waals surface area contributed by atoms with Crippen molar-refractivity contribution in [3.05, 3.63) is 35.9 Å². The van der Waals surface area contributed by atoms with Crippen LogP contribution in [0.5, 0.6) is 0 Å². The van der Waals surface area contributed by atoms with E-state index in [4.69, 9.17) is 4.74 Å². The van der Waals surface area contributed by atoms with Crippen LogP contribution in [0.4, 0.5) is 4.79 Å². The van der Waals surface area contributed by atoms with Gasteiger partial charge in [0.2, 0.25) is 0 Å². The van der Waals surface area contributed by atoms with Crippen molar-refractivity contribution in [1.82, 2.24) is 9.71 Å². The van der Waals surface area contributed by atoms with Gasteiger partial charge >= 0.3 is 19.1 Å². The molecule has 2 rings (SSSR count). The summed E-state index contributed by atoms with van der Waals surface area (Å²) in [6.07, 6.45) is -0.541. The molecule has 0 bridgehead atoms. The highest BCUT2D eigenvalue weighted by molar-refractivity contribution is 6.45. The van der Waals surface area contributed by atoms with E-state index in [2.05, 4.69) is 0 Å². The van der Waals surface area contributed by atoms with Crippen LogP contribution < -0.4 is 0 Å². The Morgan fingerprint density at radius 2 is 2.00 bits per heavy atom. The van der Waals surface area contributed by atoms with Gasteiger partial charge in [-0.2, -0.15) is 0 Å². The van der Waals surface area contributed by atoms with Crippen molar-refractivity contribution < 1.29 is 24.5 Å². The lowest BCUT2D eigenvalue weighted by molar-refractivity contribution is -0.143. The number of aliphatic carboxylic acids is 1. The number of ether oxygens (including phenoxy) is 1. The molecule has 22 heavy (non-hydrogen) atoms. The fourth-order valence-electron chi connectivity index (χ4n) is 2.44. The first kappa shape index (κ1) is 16.3. The van der Waals surface area contributed by atoms with E-state index in [9.17, 15) is 19.7 Å². The first-order valence-corrected chi connectivity index (χ1v) is 7.11. The Hall–Kier alpha value is -2.06. The van der Waals surface area contributed by atoms with E-state index in [1.165, 1.54) is 16.5 Å². The van der Waals surface area contributed by atoms with E-state index in [0.29, 0.717) is 6.54 Å². The molecule has 0 saturated carbocycles. The molecule has 7 nitrogen and oxygen atoms in total. The Labute approximate surface area is 129 Å². The van der Waals surface area contributed by atoms with Gasteiger partial charge in [-0.15, -0.1) is 0 Å². The van der Waals surface area contributed by atoms with Gasteiger partial charge in [0.25, 0.3) is 0 Å². The van der Waals surface area contributed by atoms with Gasteiger partial charge in [0.15, 0.2) is 0 Å². The zero-order valence-electron chi connectivity index (χ0n) is 12.4. The van der Waals surface area contributed by atoms with Crippen LogP contribution in [0.1, 0.15) is 5.56 Å². The molecule has 2 N–H and O–H groups in total. The number of nitrogens with zero attached hydrogens (tertiary/aromatic N) is 2. The normalized spacial score (nSPS) is 18.8. The first-order valence-electron chi connectivity index (χ1n) is 7.11. The van der Waals surface area contributed by atoms with Gasteiger partial charge in [0.05, 0.1) is 0 Å². The molecule has 1 aromatic carbocycles. The molecular formula is C14H19BN2O5. The predicted molar refractivity (Wildman–Crippen MR) is 80.2 cm³/mol. The molecule has 1 atom stereocenters. The summed E-state index contributed by atoms with van der Waals surface area (Å²) in [4.78, 5) is 26.1. The van der Waals surface area contributed by atoms with Crippen LogP contribution in [0.3, 0.4) is 0 Å². The standard InChI is InChI=1S/C14H19BN2O5/c1-15(21)17-8-7-16(9-12(17)13(18)19)14(20)22-10-11-5-3-2-4-6-11/h2-6,12,21H,7-10H2,1H3,(H,18,19). The smallest absolute Gasteiger partial charge is 0.410 e. The molecule has 1 unspecified atom stereocenters. The molecule has 8 heteroatoms. The number of piperazine rings is 1. The second-order valence-electron chi connectivity index (χ2n) is 5.21. The zero-order valence-corrected chi connectivity index (χ0v) is 12.4. The first-order chi connectivity index (χ1) is 10.5. The summed E-state index contributed by atoms with van der Waals surface area (Å²) < 4.78 is 5.20. The monoisotopic (exact) mass is 306 g/mol. The molecule has 0 radical (unpaired) electrons. The molecule has 1 aromatic rings. The molecular weight excluding hydrogens is 287 g/mol. The van der Waals surface area contributed by atoms with Gasteiger partial charge in [-0.25, -0.2) is 4.79 Å². The van der Waals surface area contributed by atoms with Crippen LogP contribution in [0.25, 0.3) is 0 Å². The van der Waals surface area contributed by atoms with Gasteiger partial charge in [-0.1, -0.05) is 30.3 Å². The third-order valence-corrected chi connectivity index (χ3v) is 3.65. The number of rotatable bonds is 4. The van der Waals surface area contributed by atoms with Crippen LogP contribution >= 0.6 is 0 Å². The zero-order chi connectivity index (χ0) is 16.1. The molecule has 0 aromatic heterocycles. The number of hydrogen-bond acceptors (Lipinski definition) is 5. The summed E-state index contributed by atoms with van der Waals surface area (Å²) in [5.41, 5.74) is 0.869. The average molecular weight is 306 g/mol. The molecule has 1 amide bonds. The Bertz CT molecular complexity index is 525. The molecule has 118 valence electrons. The van der Waals surface area contributed by atoms with Crippen molar-refractivity contribution in [3.8, 4) is 0 Å². The Balaban J connectivity index is 1.92. The van der Waals surface area contributed by atoms with Crippen molar-refractivity contribution in [2.24, 2.45) is 0 Å². The molecule has 0 spiro atoms. The SMILES string of the molecule is CB(O)N1CCN(C(=O)OCc2ccccc2)CC1C(=O)O. The van der Waals surface area contributed by atoms with Crippen molar-refractivity contribution >= 4 is 19.1 Å².